The third-order valence-electron chi connectivity index (χ3n) is 5.50. The van der Waals surface area contributed by atoms with Gasteiger partial charge in [-0.05, 0) is 57.3 Å². The minimum atomic E-state index is -0.145. The number of hydrogen-bond acceptors (Lipinski definition) is 4. The number of morpholine rings is 1. The van der Waals surface area contributed by atoms with Crippen molar-refractivity contribution in [2.75, 3.05) is 26.3 Å². The van der Waals surface area contributed by atoms with Crippen molar-refractivity contribution in [1.29, 1.82) is 0 Å². The summed E-state index contributed by atoms with van der Waals surface area (Å²) in [5.41, 5.74) is 4.16. The van der Waals surface area contributed by atoms with Crippen molar-refractivity contribution in [1.82, 2.24) is 9.88 Å². The summed E-state index contributed by atoms with van der Waals surface area (Å²) in [4.78, 5) is 6.69. The maximum absolute atomic E-state index is 11.1. The first-order valence-electron chi connectivity index (χ1n) is 10.2. The third kappa shape index (κ3) is 4.39. The molecule has 4 heteroatoms. The average Bonchev–Trinajstić information content (AvgIpc) is 2.63. The van der Waals surface area contributed by atoms with Gasteiger partial charge in [-0.15, -0.1) is 0 Å². The van der Waals surface area contributed by atoms with Crippen molar-refractivity contribution in [3.05, 3.63) is 58.9 Å². The van der Waals surface area contributed by atoms with Gasteiger partial charge in [0.15, 0.2) is 0 Å². The van der Waals surface area contributed by atoms with E-state index in [9.17, 15) is 5.11 Å². The second kappa shape index (κ2) is 7.84. The lowest BCUT2D eigenvalue weighted by Gasteiger charge is -2.37. The van der Waals surface area contributed by atoms with E-state index in [1.54, 1.807) is 0 Å². The topological polar surface area (TPSA) is 45.6 Å². The van der Waals surface area contributed by atoms with Gasteiger partial charge in [0.25, 0.3) is 0 Å². The third-order valence-corrected chi connectivity index (χ3v) is 5.50. The summed E-state index contributed by atoms with van der Waals surface area (Å²) in [6.45, 7) is 16.2. The number of pyridine rings is 1. The van der Waals surface area contributed by atoms with Gasteiger partial charge in [-0.1, -0.05) is 41.5 Å². The molecule has 0 unspecified atom stereocenters. The molecule has 0 saturated carbocycles. The predicted molar refractivity (Wildman–Crippen MR) is 114 cm³/mol. The van der Waals surface area contributed by atoms with Crippen molar-refractivity contribution in [2.24, 2.45) is 0 Å². The number of phenolic OH excluding ortho intramolecular Hbond substituents is 1. The van der Waals surface area contributed by atoms with Crippen molar-refractivity contribution in [3.8, 4) is 5.75 Å². The van der Waals surface area contributed by atoms with Gasteiger partial charge >= 0.3 is 0 Å². The van der Waals surface area contributed by atoms with E-state index in [4.69, 9.17) is 4.74 Å². The van der Waals surface area contributed by atoms with Crippen molar-refractivity contribution in [3.63, 3.8) is 0 Å². The summed E-state index contributed by atoms with van der Waals surface area (Å²) in [5, 5.41) is 11.1. The molecule has 2 aromatic rings. The van der Waals surface area contributed by atoms with Crippen LogP contribution in [0, 0.1) is 0 Å². The Labute approximate surface area is 169 Å². The minimum absolute atomic E-state index is 0.120. The SMILES string of the molecule is CC(C)(C)c1cc([C@@H](c2ccncc2)N2CCOCC2)cc(C(C)(C)C)c1O. The molecule has 3 rings (SSSR count). The van der Waals surface area contributed by atoms with E-state index in [1.807, 2.05) is 12.4 Å². The number of ether oxygens (including phenoxy) is 1. The molecule has 0 spiro atoms. The molecule has 2 heterocycles. The summed E-state index contributed by atoms with van der Waals surface area (Å²) in [6.07, 6.45) is 3.72. The van der Waals surface area contributed by atoms with E-state index >= 15 is 0 Å². The molecule has 1 atom stereocenters. The summed E-state index contributed by atoms with van der Waals surface area (Å²) in [7, 11) is 0. The first-order valence-corrected chi connectivity index (χ1v) is 10.2. The van der Waals surface area contributed by atoms with Crippen LogP contribution in [0.1, 0.15) is 69.8 Å². The Bertz CT molecular complexity index is 763. The Morgan fingerprint density at radius 1 is 0.893 bits per heavy atom. The molecule has 1 aliphatic rings. The van der Waals surface area contributed by atoms with E-state index in [0.29, 0.717) is 5.75 Å². The molecule has 0 aliphatic carbocycles. The lowest BCUT2D eigenvalue weighted by Crippen LogP contribution is -2.39. The summed E-state index contributed by atoms with van der Waals surface area (Å²) in [5.74, 6) is 0.430. The van der Waals surface area contributed by atoms with Crippen molar-refractivity contribution >= 4 is 0 Å². The highest BCUT2D eigenvalue weighted by Crippen LogP contribution is 2.42. The lowest BCUT2D eigenvalue weighted by molar-refractivity contribution is 0.0239. The largest absolute Gasteiger partial charge is 0.507 e. The molecule has 0 amide bonds. The molecular weight excluding hydrogens is 348 g/mol. The number of phenols is 1. The van der Waals surface area contributed by atoms with E-state index in [-0.39, 0.29) is 16.9 Å². The molecule has 4 nitrogen and oxygen atoms in total. The normalized spacial score (nSPS) is 17.5. The fourth-order valence-corrected chi connectivity index (χ4v) is 3.95. The van der Waals surface area contributed by atoms with E-state index in [2.05, 4.69) is 75.7 Å². The van der Waals surface area contributed by atoms with Crippen LogP contribution in [0.15, 0.2) is 36.7 Å². The number of aromatic nitrogens is 1. The van der Waals surface area contributed by atoms with Crippen LogP contribution in [-0.4, -0.2) is 41.3 Å². The zero-order valence-electron chi connectivity index (χ0n) is 18.1. The van der Waals surface area contributed by atoms with Crippen LogP contribution < -0.4 is 0 Å². The highest BCUT2D eigenvalue weighted by molar-refractivity contribution is 5.51. The maximum Gasteiger partial charge on any atom is 0.123 e. The number of nitrogens with zero attached hydrogens (tertiary/aromatic N) is 2. The van der Waals surface area contributed by atoms with Crippen molar-refractivity contribution < 1.29 is 9.84 Å². The number of benzene rings is 1. The molecule has 1 aliphatic heterocycles. The quantitative estimate of drug-likeness (QED) is 0.828. The summed E-state index contributed by atoms with van der Waals surface area (Å²) < 4.78 is 5.60. The highest BCUT2D eigenvalue weighted by Gasteiger charge is 2.31. The van der Waals surface area contributed by atoms with Gasteiger partial charge in [0.2, 0.25) is 0 Å². The van der Waals surface area contributed by atoms with E-state index < -0.39 is 0 Å². The van der Waals surface area contributed by atoms with Gasteiger partial charge in [0, 0.05) is 25.5 Å². The molecule has 1 aromatic heterocycles. The zero-order valence-corrected chi connectivity index (χ0v) is 18.1. The molecule has 1 N–H and O–H groups in total. The van der Waals surface area contributed by atoms with Gasteiger partial charge in [-0.2, -0.15) is 0 Å². The van der Waals surface area contributed by atoms with Gasteiger partial charge in [0.05, 0.1) is 19.3 Å². The molecule has 1 saturated heterocycles. The van der Waals surface area contributed by atoms with Crippen molar-refractivity contribution in [2.45, 2.75) is 58.4 Å². The van der Waals surface area contributed by atoms with Crippen LogP contribution in [0.2, 0.25) is 0 Å². The minimum Gasteiger partial charge on any atom is -0.507 e. The Balaban J connectivity index is 2.21. The monoisotopic (exact) mass is 382 g/mol. The zero-order chi connectivity index (χ0) is 20.5. The number of aromatic hydroxyl groups is 1. The van der Waals surface area contributed by atoms with Crippen LogP contribution in [-0.2, 0) is 15.6 Å². The van der Waals surface area contributed by atoms with Gasteiger partial charge in [-0.25, -0.2) is 0 Å². The Hall–Kier alpha value is -1.91. The van der Waals surface area contributed by atoms with Crippen LogP contribution >= 0.6 is 0 Å². The molecule has 0 radical (unpaired) electrons. The van der Waals surface area contributed by atoms with Gasteiger partial charge < -0.3 is 9.84 Å². The van der Waals surface area contributed by atoms with Crippen LogP contribution in [0.3, 0.4) is 0 Å². The Morgan fingerprint density at radius 2 is 1.39 bits per heavy atom. The van der Waals surface area contributed by atoms with Crippen LogP contribution in [0.25, 0.3) is 0 Å². The Morgan fingerprint density at radius 3 is 1.86 bits per heavy atom. The van der Waals surface area contributed by atoms with E-state index in [0.717, 1.165) is 37.4 Å². The summed E-state index contributed by atoms with van der Waals surface area (Å²) in [6, 6.07) is 8.71. The predicted octanol–water partition coefficient (Wildman–Crippen LogP) is 4.80. The average molecular weight is 383 g/mol. The fraction of sp³-hybridized carbons (Fsp3) is 0.542. The van der Waals surface area contributed by atoms with Crippen LogP contribution in [0.4, 0.5) is 0 Å². The smallest absolute Gasteiger partial charge is 0.123 e. The second-order valence-corrected chi connectivity index (χ2v) is 9.80. The molecule has 152 valence electrons. The first kappa shape index (κ1) is 20.8. The molecule has 28 heavy (non-hydrogen) atoms. The van der Waals surface area contributed by atoms with Gasteiger partial charge in [-0.3, -0.25) is 9.88 Å². The van der Waals surface area contributed by atoms with Gasteiger partial charge in [0.1, 0.15) is 5.75 Å². The van der Waals surface area contributed by atoms with Crippen LogP contribution in [0.5, 0.6) is 5.75 Å². The number of rotatable bonds is 3. The molecular formula is C24H34N2O2. The summed E-state index contributed by atoms with van der Waals surface area (Å²) >= 11 is 0. The number of hydrogen-bond donors (Lipinski definition) is 1. The highest BCUT2D eigenvalue weighted by atomic mass is 16.5. The standard InChI is InChI=1S/C24H34N2O2/c1-23(2,3)19-15-18(16-20(22(19)27)24(4,5)6)21(17-7-9-25-10-8-17)26-11-13-28-14-12-26/h7-10,15-16,21,27H,11-14H2,1-6H3/t21-/m1/s1. The lowest BCUT2D eigenvalue weighted by atomic mass is 9.77. The second-order valence-electron chi connectivity index (χ2n) is 9.80. The molecule has 1 aromatic carbocycles. The Kier molecular flexibility index (Phi) is 5.83. The maximum atomic E-state index is 11.1. The first-order chi connectivity index (χ1) is 13.1. The fourth-order valence-electron chi connectivity index (χ4n) is 3.95. The van der Waals surface area contributed by atoms with E-state index in [1.165, 1.54) is 11.1 Å². The molecule has 0 bridgehead atoms. The molecule has 1 fully saturated rings.